The van der Waals surface area contributed by atoms with E-state index in [2.05, 4.69) is 0 Å². The molecule has 0 spiro atoms. The molecule has 0 aliphatic carbocycles. The third kappa shape index (κ3) is 2.80. The second kappa shape index (κ2) is 5.63. The minimum Gasteiger partial charge on any atom is -0.378 e. The number of benzene rings is 1. The number of nitrogens with two attached hydrogens (primary N) is 1. The first-order chi connectivity index (χ1) is 9.13. The van der Waals surface area contributed by atoms with E-state index in [1.165, 1.54) is 12.1 Å². The number of hydrazine groups is 1. The van der Waals surface area contributed by atoms with E-state index in [-0.39, 0.29) is 11.3 Å². The monoisotopic (exact) mass is 266 g/mol. The van der Waals surface area contributed by atoms with Crippen LogP contribution in [0, 0.1) is 10.1 Å². The number of hydrogen-bond acceptors (Lipinski definition) is 6. The molecule has 1 aromatic rings. The number of nitro groups is 1. The maximum absolute atomic E-state index is 11.4. The van der Waals surface area contributed by atoms with Crippen LogP contribution in [0.25, 0.3) is 0 Å². The van der Waals surface area contributed by atoms with Crippen LogP contribution < -0.4 is 16.2 Å². The van der Waals surface area contributed by atoms with Crippen molar-refractivity contribution in [2.45, 2.75) is 0 Å². The number of carbonyl (C=O) groups excluding carboxylic acids is 1. The molecule has 2 rings (SSSR count). The summed E-state index contributed by atoms with van der Waals surface area (Å²) in [4.78, 5) is 23.9. The van der Waals surface area contributed by atoms with Crippen LogP contribution in [-0.4, -0.2) is 37.1 Å². The largest absolute Gasteiger partial charge is 0.378 e. The van der Waals surface area contributed by atoms with Gasteiger partial charge in [-0.1, -0.05) is 0 Å². The van der Waals surface area contributed by atoms with Gasteiger partial charge in [0.2, 0.25) is 0 Å². The van der Waals surface area contributed by atoms with E-state index >= 15 is 0 Å². The number of nitrogens with one attached hydrogen (secondary N) is 1. The third-order valence-corrected chi connectivity index (χ3v) is 2.92. The smallest absolute Gasteiger partial charge is 0.293 e. The number of carbonyl (C=O) groups is 1. The van der Waals surface area contributed by atoms with E-state index in [4.69, 9.17) is 10.6 Å². The number of morpholine rings is 1. The topological polar surface area (TPSA) is 111 Å². The zero-order valence-corrected chi connectivity index (χ0v) is 10.2. The molecule has 3 N–H and O–H groups in total. The van der Waals surface area contributed by atoms with Gasteiger partial charge in [0.05, 0.1) is 18.1 Å². The van der Waals surface area contributed by atoms with Crippen LogP contribution in [0.5, 0.6) is 0 Å². The van der Waals surface area contributed by atoms with Crippen LogP contribution in [-0.2, 0) is 4.74 Å². The van der Waals surface area contributed by atoms with Crippen molar-refractivity contribution in [2.75, 3.05) is 31.2 Å². The van der Waals surface area contributed by atoms with E-state index in [1.54, 1.807) is 6.07 Å². The lowest BCUT2D eigenvalue weighted by Gasteiger charge is -2.28. The quantitative estimate of drug-likeness (QED) is 0.346. The Kier molecular flexibility index (Phi) is 3.93. The summed E-state index contributed by atoms with van der Waals surface area (Å²) in [5.41, 5.74) is 2.49. The van der Waals surface area contributed by atoms with Gasteiger partial charge in [-0.15, -0.1) is 0 Å². The molecule has 1 aromatic carbocycles. The van der Waals surface area contributed by atoms with Crippen molar-refractivity contribution in [3.05, 3.63) is 33.9 Å². The van der Waals surface area contributed by atoms with Gasteiger partial charge >= 0.3 is 0 Å². The fourth-order valence-electron chi connectivity index (χ4n) is 1.97. The van der Waals surface area contributed by atoms with E-state index < -0.39 is 10.8 Å². The highest BCUT2D eigenvalue weighted by atomic mass is 16.6. The summed E-state index contributed by atoms with van der Waals surface area (Å²) >= 11 is 0. The Morgan fingerprint density at radius 1 is 1.42 bits per heavy atom. The lowest BCUT2D eigenvalue weighted by molar-refractivity contribution is -0.384. The van der Waals surface area contributed by atoms with Gasteiger partial charge in [-0.05, 0) is 12.1 Å². The van der Waals surface area contributed by atoms with Gasteiger partial charge in [-0.3, -0.25) is 20.3 Å². The van der Waals surface area contributed by atoms with Gasteiger partial charge in [0, 0.05) is 24.7 Å². The normalized spacial score (nSPS) is 15.1. The number of nitro benzene ring substituents is 1. The van der Waals surface area contributed by atoms with Crippen molar-refractivity contribution in [1.29, 1.82) is 0 Å². The summed E-state index contributed by atoms with van der Waals surface area (Å²) in [6.07, 6.45) is 0. The zero-order chi connectivity index (χ0) is 13.8. The van der Waals surface area contributed by atoms with Crippen molar-refractivity contribution >= 4 is 17.3 Å². The molecule has 19 heavy (non-hydrogen) atoms. The number of anilines is 1. The van der Waals surface area contributed by atoms with Crippen molar-refractivity contribution < 1.29 is 14.5 Å². The highest BCUT2D eigenvalue weighted by Gasteiger charge is 2.23. The standard InChI is InChI=1S/C11H14N4O4/c12-13-11(16)8-1-2-9(10(7-8)15(17)18)14-3-5-19-6-4-14/h1-2,7H,3-6,12H2,(H,13,16). The van der Waals surface area contributed by atoms with Crippen LogP contribution in [0.2, 0.25) is 0 Å². The first kappa shape index (κ1) is 13.2. The van der Waals surface area contributed by atoms with E-state index in [0.717, 1.165) is 0 Å². The molecule has 0 unspecified atom stereocenters. The zero-order valence-electron chi connectivity index (χ0n) is 10.2. The maximum atomic E-state index is 11.4. The van der Waals surface area contributed by atoms with Crippen molar-refractivity contribution in [3.8, 4) is 0 Å². The van der Waals surface area contributed by atoms with E-state index in [0.29, 0.717) is 32.0 Å². The highest BCUT2D eigenvalue weighted by molar-refractivity contribution is 5.95. The Morgan fingerprint density at radius 3 is 2.68 bits per heavy atom. The molecule has 1 aliphatic rings. The Hall–Kier alpha value is -2.19. The summed E-state index contributed by atoms with van der Waals surface area (Å²) in [7, 11) is 0. The molecule has 8 nitrogen and oxygen atoms in total. The second-order valence-corrected chi connectivity index (χ2v) is 4.03. The molecule has 1 saturated heterocycles. The Bertz CT molecular complexity index is 499. The summed E-state index contributed by atoms with van der Waals surface area (Å²) in [5.74, 6) is 4.46. The summed E-state index contributed by atoms with van der Waals surface area (Å²) in [5, 5.41) is 11.1. The molecule has 8 heteroatoms. The summed E-state index contributed by atoms with van der Waals surface area (Å²) in [6.45, 7) is 2.23. The predicted octanol–water partition coefficient (Wildman–Crippen LogP) is 0.0349. The van der Waals surface area contributed by atoms with Crippen LogP contribution in [0.1, 0.15) is 10.4 Å². The average Bonchev–Trinajstić information content (AvgIpc) is 2.46. The van der Waals surface area contributed by atoms with Crippen molar-refractivity contribution in [2.24, 2.45) is 5.84 Å². The minimum absolute atomic E-state index is 0.108. The highest BCUT2D eigenvalue weighted by Crippen LogP contribution is 2.29. The lowest BCUT2D eigenvalue weighted by atomic mass is 10.1. The van der Waals surface area contributed by atoms with Crippen LogP contribution in [0.15, 0.2) is 18.2 Å². The molecule has 1 aliphatic heterocycles. The number of amides is 1. The van der Waals surface area contributed by atoms with Gasteiger partial charge in [0.1, 0.15) is 5.69 Å². The summed E-state index contributed by atoms with van der Waals surface area (Å²) in [6, 6.07) is 4.31. The van der Waals surface area contributed by atoms with Crippen LogP contribution >= 0.6 is 0 Å². The lowest BCUT2D eigenvalue weighted by Crippen LogP contribution is -2.36. The van der Waals surface area contributed by atoms with Gasteiger partial charge in [0.25, 0.3) is 11.6 Å². The van der Waals surface area contributed by atoms with Gasteiger partial charge in [0.15, 0.2) is 0 Å². The summed E-state index contributed by atoms with van der Waals surface area (Å²) < 4.78 is 5.21. The molecule has 1 fully saturated rings. The SMILES string of the molecule is NNC(=O)c1ccc(N2CCOCC2)c([N+](=O)[O-])c1. The number of nitrogens with zero attached hydrogens (tertiary/aromatic N) is 2. The molecule has 102 valence electrons. The predicted molar refractivity (Wildman–Crippen MR) is 67.8 cm³/mol. The molecular formula is C11H14N4O4. The molecule has 0 aromatic heterocycles. The van der Waals surface area contributed by atoms with E-state index in [9.17, 15) is 14.9 Å². The Balaban J connectivity index is 2.37. The van der Waals surface area contributed by atoms with Crippen LogP contribution in [0.3, 0.4) is 0 Å². The van der Waals surface area contributed by atoms with E-state index in [1.807, 2.05) is 10.3 Å². The Labute approximate surface area is 109 Å². The first-order valence-electron chi connectivity index (χ1n) is 5.75. The number of ether oxygens (including phenoxy) is 1. The molecule has 0 bridgehead atoms. The van der Waals surface area contributed by atoms with Crippen molar-refractivity contribution in [3.63, 3.8) is 0 Å². The van der Waals surface area contributed by atoms with Gasteiger partial charge in [-0.25, -0.2) is 5.84 Å². The number of rotatable bonds is 3. The maximum Gasteiger partial charge on any atom is 0.293 e. The molecule has 0 atom stereocenters. The number of nitrogen functional groups attached to an aromatic ring is 1. The molecule has 0 radical (unpaired) electrons. The minimum atomic E-state index is -0.559. The van der Waals surface area contributed by atoms with Crippen molar-refractivity contribution in [1.82, 2.24) is 5.43 Å². The average molecular weight is 266 g/mol. The second-order valence-electron chi connectivity index (χ2n) is 4.03. The fraction of sp³-hybridized carbons (Fsp3) is 0.364. The van der Waals surface area contributed by atoms with Gasteiger partial charge < -0.3 is 9.64 Å². The molecule has 0 saturated carbocycles. The first-order valence-corrected chi connectivity index (χ1v) is 5.75. The number of hydrogen-bond donors (Lipinski definition) is 2. The third-order valence-electron chi connectivity index (χ3n) is 2.92. The fourth-order valence-corrected chi connectivity index (χ4v) is 1.97. The molecule has 1 heterocycles. The molecule has 1 amide bonds. The molecular weight excluding hydrogens is 252 g/mol. The van der Waals surface area contributed by atoms with Crippen LogP contribution in [0.4, 0.5) is 11.4 Å². The van der Waals surface area contributed by atoms with Gasteiger partial charge in [-0.2, -0.15) is 0 Å². The Morgan fingerprint density at radius 2 is 2.11 bits per heavy atom.